The van der Waals surface area contributed by atoms with Crippen LogP contribution in [0.2, 0.25) is 0 Å². The van der Waals surface area contributed by atoms with Crippen molar-refractivity contribution in [3.63, 3.8) is 0 Å². The molecule has 6 nitrogen and oxygen atoms in total. The SMILES string of the molecule is Cn1cc(-c2cnc3cnc(CC(=O)C45CCN(CC4)CC5)cc3c2)cn1. The molecule has 0 radical (unpaired) electrons. The number of fused-ring (bicyclic) bond motifs is 4. The Labute approximate surface area is 158 Å². The number of pyridine rings is 2. The molecule has 0 N–H and O–H groups in total. The fourth-order valence-corrected chi connectivity index (χ4v) is 4.50. The lowest BCUT2D eigenvalue weighted by Crippen LogP contribution is -2.52. The molecule has 138 valence electrons. The van der Waals surface area contributed by atoms with Gasteiger partial charge in [0.15, 0.2) is 0 Å². The number of aryl methyl sites for hydroxylation is 1. The first-order chi connectivity index (χ1) is 13.1. The second-order valence-corrected chi connectivity index (χ2v) is 7.97. The van der Waals surface area contributed by atoms with E-state index in [0.29, 0.717) is 12.2 Å². The number of Topliss-reactive ketones (excluding diaryl/α,β-unsaturated/α-hetero) is 1. The molecule has 0 atom stereocenters. The summed E-state index contributed by atoms with van der Waals surface area (Å²) >= 11 is 0. The van der Waals surface area contributed by atoms with E-state index in [0.717, 1.165) is 66.6 Å². The molecule has 0 unspecified atom stereocenters. The molecule has 0 aromatic carbocycles. The predicted octanol–water partition coefficient (Wildman–Crippen LogP) is 2.63. The van der Waals surface area contributed by atoms with Crippen molar-refractivity contribution < 1.29 is 4.79 Å². The highest BCUT2D eigenvalue weighted by Crippen LogP contribution is 2.41. The minimum absolute atomic E-state index is 0.110. The fraction of sp³-hybridized carbons (Fsp3) is 0.429. The number of carbonyl (C=O) groups excluding carboxylic acids is 1. The van der Waals surface area contributed by atoms with Crippen LogP contribution in [0.25, 0.3) is 22.0 Å². The number of hydrogen-bond donors (Lipinski definition) is 0. The van der Waals surface area contributed by atoms with Crippen molar-refractivity contribution >= 4 is 16.7 Å². The lowest BCUT2D eigenvalue weighted by molar-refractivity contribution is -0.135. The zero-order chi connectivity index (χ0) is 18.4. The molecule has 3 fully saturated rings. The molecule has 2 bridgehead atoms. The minimum Gasteiger partial charge on any atom is -0.303 e. The molecule has 6 heteroatoms. The van der Waals surface area contributed by atoms with E-state index in [2.05, 4.69) is 26.0 Å². The van der Waals surface area contributed by atoms with Crippen LogP contribution in [0.3, 0.4) is 0 Å². The normalized spacial score (nSPS) is 24.4. The second kappa shape index (κ2) is 6.23. The average molecular weight is 361 g/mol. The van der Waals surface area contributed by atoms with Crippen molar-refractivity contribution in [1.29, 1.82) is 0 Å². The Balaban J connectivity index is 1.42. The highest BCUT2D eigenvalue weighted by Gasteiger charge is 2.44. The summed E-state index contributed by atoms with van der Waals surface area (Å²) in [7, 11) is 1.90. The van der Waals surface area contributed by atoms with Gasteiger partial charge in [-0.15, -0.1) is 0 Å². The number of piperidine rings is 3. The van der Waals surface area contributed by atoms with Crippen LogP contribution >= 0.6 is 0 Å². The Morgan fingerprint density at radius 1 is 1.04 bits per heavy atom. The lowest BCUT2D eigenvalue weighted by atomic mass is 9.68. The molecule has 3 aromatic rings. The Hall–Kier alpha value is -2.60. The van der Waals surface area contributed by atoms with Gasteiger partial charge in [0.25, 0.3) is 0 Å². The number of nitrogens with zero attached hydrogens (tertiary/aromatic N) is 5. The van der Waals surface area contributed by atoms with Crippen LogP contribution in [0.5, 0.6) is 0 Å². The molecular weight excluding hydrogens is 338 g/mol. The third-order valence-corrected chi connectivity index (χ3v) is 6.32. The zero-order valence-corrected chi connectivity index (χ0v) is 15.6. The fourth-order valence-electron chi connectivity index (χ4n) is 4.50. The van der Waals surface area contributed by atoms with Crippen LogP contribution in [-0.4, -0.2) is 50.1 Å². The van der Waals surface area contributed by atoms with E-state index < -0.39 is 0 Å². The third-order valence-electron chi connectivity index (χ3n) is 6.32. The molecule has 3 saturated heterocycles. The summed E-state index contributed by atoms with van der Waals surface area (Å²) in [6, 6.07) is 4.13. The smallest absolute Gasteiger partial charge is 0.145 e. The molecule has 6 heterocycles. The summed E-state index contributed by atoms with van der Waals surface area (Å²) in [5.41, 5.74) is 3.65. The maximum atomic E-state index is 13.1. The van der Waals surface area contributed by atoms with Gasteiger partial charge in [0.2, 0.25) is 0 Å². The number of rotatable bonds is 4. The maximum Gasteiger partial charge on any atom is 0.145 e. The Morgan fingerprint density at radius 2 is 1.81 bits per heavy atom. The number of carbonyl (C=O) groups is 1. The van der Waals surface area contributed by atoms with Crippen molar-refractivity contribution in [1.82, 2.24) is 24.6 Å². The molecule has 3 aliphatic heterocycles. The lowest BCUT2D eigenvalue weighted by Gasteiger charge is -2.47. The van der Waals surface area contributed by atoms with Gasteiger partial charge in [-0.2, -0.15) is 5.10 Å². The molecular formula is C21H23N5O. The largest absolute Gasteiger partial charge is 0.303 e. The van der Waals surface area contributed by atoms with Crippen LogP contribution in [0.15, 0.2) is 36.9 Å². The Bertz CT molecular complexity index is 1000. The van der Waals surface area contributed by atoms with Gasteiger partial charge in [0, 0.05) is 53.5 Å². The van der Waals surface area contributed by atoms with Crippen molar-refractivity contribution in [3.05, 3.63) is 42.6 Å². The zero-order valence-electron chi connectivity index (χ0n) is 15.6. The van der Waals surface area contributed by atoms with Crippen LogP contribution in [0, 0.1) is 5.41 Å². The van der Waals surface area contributed by atoms with E-state index in [1.165, 1.54) is 0 Å². The van der Waals surface area contributed by atoms with E-state index in [-0.39, 0.29) is 5.41 Å². The number of hydrogen-bond acceptors (Lipinski definition) is 5. The quantitative estimate of drug-likeness (QED) is 0.715. The van der Waals surface area contributed by atoms with Gasteiger partial charge < -0.3 is 4.90 Å². The van der Waals surface area contributed by atoms with Crippen molar-refractivity contribution in [3.8, 4) is 11.1 Å². The van der Waals surface area contributed by atoms with Crippen LogP contribution in [0.1, 0.15) is 25.0 Å². The van der Waals surface area contributed by atoms with Crippen molar-refractivity contribution in [2.75, 3.05) is 19.6 Å². The molecule has 27 heavy (non-hydrogen) atoms. The van der Waals surface area contributed by atoms with E-state index in [9.17, 15) is 4.79 Å². The van der Waals surface area contributed by atoms with E-state index in [1.54, 1.807) is 10.9 Å². The van der Waals surface area contributed by atoms with Gasteiger partial charge in [-0.1, -0.05) is 0 Å². The summed E-state index contributed by atoms with van der Waals surface area (Å²) in [4.78, 5) is 24.6. The molecule has 3 aliphatic rings. The van der Waals surface area contributed by atoms with Crippen LogP contribution < -0.4 is 0 Å². The Kier molecular flexibility index (Phi) is 3.82. The number of ketones is 1. The summed E-state index contributed by atoms with van der Waals surface area (Å²) in [6.45, 7) is 3.19. The third kappa shape index (κ3) is 2.94. The molecule has 6 rings (SSSR count). The average Bonchev–Trinajstić information content (AvgIpc) is 3.15. The predicted molar refractivity (Wildman–Crippen MR) is 103 cm³/mol. The van der Waals surface area contributed by atoms with E-state index in [4.69, 9.17) is 0 Å². The summed E-state index contributed by atoms with van der Waals surface area (Å²) in [5, 5.41) is 5.25. The Morgan fingerprint density at radius 3 is 2.52 bits per heavy atom. The van der Waals surface area contributed by atoms with Gasteiger partial charge in [0.05, 0.1) is 17.9 Å². The van der Waals surface area contributed by atoms with Crippen LogP contribution in [0.4, 0.5) is 0 Å². The highest BCUT2D eigenvalue weighted by molar-refractivity contribution is 5.88. The first-order valence-corrected chi connectivity index (χ1v) is 9.61. The summed E-state index contributed by atoms with van der Waals surface area (Å²) in [5.74, 6) is 0.366. The molecule has 0 aliphatic carbocycles. The second-order valence-electron chi connectivity index (χ2n) is 7.97. The van der Waals surface area contributed by atoms with Crippen molar-refractivity contribution in [2.24, 2.45) is 12.5 Å². The number of aromatic nitrogens is 4. The topological polar surface area (TPSA) is 63.9 Å². The molecule has 0 spiro atoms. The van der Waals surface area contributed by atoms with E-state index >= 15 is 0 Å². The maximum absolute atomic E-state index is 13.1. The molecule has 0 amide bonds. The highest BCUT2D eigenvalue weighted by atomic mass is 16.1. The van der Waals surface area contributed by atoms with Crippen LogP contribution in [-0.2, 0) is 18.3 Å². The molecule has 3 aromatic heterocycles. The summed E-state index contributed by atoms with van der Waals surface area (Å²) < 4.78 is 1.78. The van der Waals surface area contributed by atoms with Gasteiger partial charge in [-0.3, -0.25) is 19.4 Å². The standard InChI is InChI=1S/C21H23N5O/c1-25-14-17(12-24-25)16-8-15-9-18(22-13-19(15)23-11-16)10-20(27)21-2-5-26(6-3-21)7-4-21/h8-9,11-14H,2-7,10H2,1H3. The van der Waals surface area contributed by atoms with Gasteiger partial charge in [0.1, 0.15) is 5.78 Å². The first-order valence-electron chi connectivity index (χ1n) is 9.61. The minimum atomic E-state index is -0.110. The van der Waals surface area contributed by atoms with Gasteiger partial charge >= 0.3 is 0 Å². The first kappa shape index (κ1) is 16.6. The van der Waals surface area contributed by atoms with Gasteiger partial charge in [-0.05, 0) is 51.0 Å². The van der Waals surface area contributed by atoms with Crippen molar-refractivity contribution in [2.45, 2.75) is 25.7 Å². The monoisotopic (exact) mass is 361 g/mol. The van der Waals surface area contributed by atoms with E-state index in [1.807, 2.05) is 31.7 Å². The summed E-state index contributed by atoms with van der Waals surface area (Å²) in [6.07, 6.45) is 10.9. The van der Waals surface area contributed by atoms with Gasteiger partial charge in [-0.25, -0.2) is 0 Å². The molecule has 0 saturated carbocycles.